The van der Waals surface area contributed by atoms with Gasteiger partial charge in [-0.2, -0.15) is 0 Å². The van der Waals surface area contributed by atoms with E-state index in [1.54, 1.807) is 12.1 Å². The molecule has 0 saturated heterocycles. The third-order valence-corrected chi connectivity index (χ3v) is 3.51. The number of carbonyl (C=O) groups is 2. The van der Waals surface area contributed by atoms with Gasteiger partial charge in [0.25, 0.3) is 0 Å². The molecule has 114 valence electrons. The van der Waals surface area contributed by atoms with Gasteiger partial charge in [0.15, 0.2) is 11.5 Å². The van der Waals surface area contributed by atoms with Gasteiger partial charge in [-0.25, -0.2) is 4.79 Å². The molecule has 1 unspecified atom stereocenters. The largest absolute Gasteiger partial charge is 0.493 e. The number of esters is 2. The highest BCUT2D eigenvalue weighted by Crippen LogP contribution is 2.51. The van der Waals surface area contributed by atoms with Crippen LogP contribution in [0.15, 0.2) is 16.6 Å². The molecular weight excluding hydrogens is 348 g/mol. The molecule has 0 saturated carbocycles. The fourth-order valence-corrected chi connectivity index (χ4v) is 2.26. The fourth-order valence-electron chi connectivity index (χ4n) is 1.87. The van der Waals surface area contributed by atoms with Crippen LogP contribution in [-0.2, 0) is 19.1 Å². The van der Waals surface area contributed by atoms with Crippen molar-refractivity contribution in [1.82, 2.24) is 0 Å². The number of halogens is 1. The normalized spacial score (nSPS) is 19.0. The molecule has 0 bridgehead atoms. The van der Waals surface area contributed by atoms with E-state index in [9.17, 15) is 9.59 Å². The van der Waals surface area contributed by atoms with E-state index in [0.29, 0.717) is 10.2 Å². The molecule has 0 N–H and O–H groups in total. The van der Waals surface area contributed by atoms with E-state index in [2.05, 4.69) is 25.4 Å². The highest BCUT2D eigenvalue weighted by Gasteiger charge is 2.54. The molecule has 2 rings (SSSR count). The minimum Gasteiger partial charge on any atom is -0.493 e. The summed E-state index contributed by atoms with van der Waals surface area (Å²) >= 11 is 3.29. The third kappa shape index (κ3) is 2.63. The van der Waals surface area contributed by atoms with Crippen molar-refractivity contribution in [2.45, 2.75) is 12.2 Å². The van der Waals surface area contributed by atoms with Crippen LogP contribution in [0.2, 0.25) is 0 Å². The molecule has 7 nitrogen and oxygen atoms in total. The van der Waals surface area contributed by atoms with Gasteiger partial charge in [-0.05, 0) is 28.1 Å². The van der Waals surface area contributed by atoms with Gasteiger partial charge in [-0.15, -0.1) is 0 Å². The van der Waals surface area contributed by atoms with Crippen LogP contribution in [0.4, 0.5) is 0 Å². The minimum absolute atomic E-state index is 0.209. The highest BCUT2D eigenvalue weighted by molar-refractivity contribution is 9.10. The van der Waals surface area contributed by atoms with Crippen molar-refractivity contribution in [1.29, 1.82) is 0 Å². The SMILES string of the molecule is COC(=O)CC1(C(=O)OC)Oc2c(Br)ccc(OC)c2O1. The highest BCUT2D eigenvalue weighted by atomic mass is 79.9. The number of carbonyl (C=O) groups excluding carboxylic acids is 2. The molecule has 0 aromatic heterocycles. The van der Waals surface area contributed by atoms with E-state index in [-0.39, 0.29) is 11.5 Å². The monoisotopic (exact) mass is 360 g/mol. The summed E-state index contributed by atoms with van der Waals surface area (Å²) in [5, 5.41) is 0. The molecule has 1 atom stereocenters. The summed E-state index contributed by atoms with van der Waals surface area (Å²) in [5.74, 6) is -2.63. The molecule has 8 heteroatoms. The lowest BCUT2D eigenvalue weighted by molar-refractivity contribution is -0.188. The second-order valence-electron chi connectivity index (χ2n) is 4.11. The predicted octanol–water partition coefficient (Wildman–Crippen LogP) is 1.66. The van der Waals surface area contributed by atoms with Gasteiger partial charge in [0.05, 0.1) is 25.8 Å². The van der Waals surface area contributed by atoms with Gasteiger partial charge < -0.3 is 23.7 Å². The first-order chi connectivity index (χ1) is 9.97. The maximum atomic E-state index is 12.0. The van der Waals surface area contributed by atoms with Crippen LogP contribution < -0.4 is 14.2 Å². The van der Waals surface area contributed by atoms with Crippen molar-refractivity contribution in [2.24, 2.45) is 0 Å². The summed E-state index contributed by atoms with van der Waals surface area (Å²) in [4.78, 5) is 23.6. The van der Waals surface area contributed by atoms with Gasteiger partial charge in [0.2, 0.25) is 5.75 Å². The third-order valence-electron chi connectivity index (χ3n) is 2.88. The summed E-state index contributed by atoms with van der Waals surface area (Å²) < 4.78 is 26.1. The summed E-state index contributed by atoms with van der Waals surface area (Å²) in [6.45, 7) is 0. The molecule has 1 aliphatic heterocycles. The topological polar surface area (TPSA) is 80.3 Å². The van der Waals surface area contributed by atoms with Crippen molar-refractivity contribution in [3.05, 3.63) is 16.6 Å². The Hall–Kier alpha value is -1.96. The Bertz CT molecular complexity index is 586. The van der Waals surface area contributed by atoms with Crippen LogP contribution in [0, 0.1) is 0 Å². The average Bonchev–Trinajstić information content (AvgIpc) is 2.88. The second kappa shape index (κ2) is 5.80. The zero-order valence-electron chi connectivity index (χ0n) is 11.6. The van der Waals surface area contributed by atoms with Crippen LogP contribution in [0.5, 0.6) is 17.2 Å². The average molecular weight is 361 g/mol. The Morgan fingerprint density at radius 2 is 1.81 bits per heavy atom. The second-order valence-corrected chi connectivity index (χ2v) is 4.96. The Kier molecular flexibility index (Phi) is 4.26. The van der Waals surface area contributed by atoms with Crippen LogP contribution in [0.3, 0.4) is 0 Å². The molecule has 1 aromatic carbocycles. The molecular formula is C13H13BrO7. The van der Waals surface area contributed by atoms with Crippen LogP contribution >= 0.6 is 15.9 Å². The first kappa shape index (κ1) is 15.4. The number of ether oxygens (including phenoxy) is 5. The number of hydrogen-bond acceptors (Lipinski definition) is 7. The number of hydrogen-bond donors (Lipinski definition) is 0. The lowest BCUT2D eigenvalue weighted by Gasteiger charge is -2.23. The van der Waals surface area contributed by atoms with Crippen molar-refractivity contribution < 1.29 is 33.3 Å². The van der Waals surface area contributed by atoms with Crippen molar-refractivity contribution in [3.63, 3.8) is 0 Å². The summed E-state index contributed by atoms with van der Waals surface area (Å²) in [6.07, 6.45) is -0.458. The smallest absolute Gasteiger partial charge is 0.393 e. The summed E-state index contributed by atoms with van der Waals surface area (Å²) in [5.41, 5.74) is 0. The number of fused-ring (bicyclic) bond motifs is 1. The molecule has 0 radical (unpaired) electrons. The quantitative estimate of drug-likeness (QED) is 0.755. The standard InChI is InChI=1S/C13H13BrO7/c1-17-8-5-4-7(14)10-11(8)21-13(20-10,12(16)19-3)6-9(15)18-2/h4-5H,6H2,1-3H3. The zero-order valence-corrected chi connectivity index (χ0v) is 13.2. The lowest BCUT2D eigenvalue weighted by Crippen LogP contribution is -2.49. The fraction of sp³-hybridized carbons (Fsp3) is 0.385. The van der Waals surface area contributed by atoms with Crippen molar-refractivity contribution in [3.8, 4) is 17.2 Å². The van der Waals surface area contributed by atoms with E-state index in [1.807, 2.05) is 0 Å². The maximum Gasteiger partial charge on any atom is 0.393 e. The molecule has 0 spiro atoms. The van der Waals surface area contributed by atoms with Gasteiger partial charge in [0, 0.05) is 0 Å². The molecule has 0 fully saturated rings. The minimum atomic E-state index is -1.93. The van der Waals surface area contributed by atoms with Crippen molar-refractivity contribution >= 4 is 27.9 Å². The van der Waals surface area contributed by atoms with Crippen molar-refractivity contribution in [2.75, 3.05) is 21.3 Å². The lowest BCUT2D eigenvalue weighted by atomic mass is 10.2. The molecule has 0 aliphatic carbocycles. The Morgan fingerprint density at radius 3 is 2.38 bits per heavy atom. The van der Waals surface area contributed by atoms with Gasteiger partial charge >= 0.3 is 17.7 Å². The summed E-state index contributed by atoms with van der Waals surface area (Å²) in [6, 6.07) is 3.31. The summed E-state index contributed by atoms with van der Waals surface area (Å²) in [7, 11) is 3.82. The van der Waals surface area contributed by atoms with E-state index in [0.717, 1.165) is 0 Å². The van der Waals surface area contributed by atoms with Gasteiger partial charge in [0.1, 0.15) is 6.42 Å². The Balaban J connectivity index is 2.46. The number of methoxy groups -OCH3 is 3. The zero-order chi connectivity index (χ0) is 15.6. The molecule has 0 amide bonds. The first-order valence-corrected chi connectivity index (χ1v) is 6.66. The van der Waals surface area contributed by atoms with E-state index < -0.39 is 24.1 Å². The number of benzene rings is 1. The van der Waals surface area contributed by atoms with Crippen LogP contribution in [-0.4, -0.2) is 39.1 Å². The van der Waals surface area contributed by atoms with Gasteiger partial charge in [-0.3, -0.25) is 4.79 Å². The number of rotatable bonds is 4. The maximum absolute atomic E-state index is 12.0. The Labute approximate surface area is 129 Å². The van der Waals surface area contributed by atoms with E-state index in [1.165, 1.54) is 21.3 Å². The van der Waals surface area contributed by atoms with Crippen LogP contribution in [0.1, 0.15) is 6.42 Å². The molecule has 1 aliphatic rings. The first-order valence-electron chi connectivity index (χ1n) is 5.87. The van der Waals surface area contributed by atoms with E-state index in [4.69, 9.17) is 14.2 Å². The van der Waals surface area contributed by atoms with E-state index >= 15 is 0 Å². The van der Waals surface area contributed by atoms with Gasteiger partial charge in [-0.1, -0.05) is 0 Å². The molecule has 21 heavy (non-hydrogen) atoms. The molecule has 1 aromatic rings. The molecule has 1 heterocycles. The Morgan fingerprint density at radius 1 is 1.14 bits per heavy atom. The predicted molar refractivity (Wildman–Crippen MR) is 73.3 cm³/mol. The van der Waals surface area contributed by atoms with Crippen LogP contribution in [0.25, 0.3) is 0 Å².